The van der Waals surface area contributed by atoms with Gasteiger partial charge >= 0.3 is 0 Å². The Kier molecular flexibility index (Phi) is 50.5. The van der Waals surface area contributed by atoms with Crippen molar-refractivity contribution in [3.05, 3.63) is 122 Å². The first-order valence-electron chi connectivity index (χ1n) is 28.9. The number of carbonyl (C=O) groups is 1. The van der Waals surface area contributed by atoms with E-state index in [4.69, 9.17) is 9.05 Å². The van der Waals surface area contributed by atoms with Crippen molar-refractivity contribution in [2.75, 3.05) is 40.9 Å². The summed E-state index contributed by atoms with van der Waals surface area (Å²) in [6.45, 7) is 4.49. The van der Waals surface area contributed by atoms with Crippen LogP contribution < -0.4 is 10.2 Å². The zero-order valence-electron chi connectivity index (χ0n) is 46.8. The van der Waals surface area contributed by atoms with Crippen LogP contribution in [0.2, 0.25) is 0 Å². The molecular formula is C63H109N2O6P. The first kappa shape index (κ1) is 68.9. The Morgan fingerprint density at radius 1 is 0.500 bits per heavy atom. The van der Waals surface area contributed by atoms with Gasteiger partial charge < -0.3 is 28.8 Å². The van der Waals surface area contributed by atoms with Crippen LogP contribution in [-0.2, 0) is 18.4 Å². The molecule has 0 aliphatic heterocycles. The molecule has 0 bridgehead atoms. The Morgan fingerprint density at radius 2 is 0.861 bits per heavy atom. The standard InChI is InChI=1S/C63H109N2O6P/c1-6-8-10-12-14-16-18-20-22-24-26-28-29-30-31-32-33-34-35-37-39-41-43-45-47-49-51-53-55-57-63(67)64-61(60-71-72(68,69)70-59-58-65(3,4)5)62(66)56-54-52-50-48-46-44-42-40-38-36-27-25-23-21-19-17-15-13-11-9-7-2/h8,10,14,16,20,22,26,28,30-31,33-34,37,39,43,45-46,48,54,56,61-62,66H,6-7,9,11-13,15,17-19,21,23-25,27,29,32,35-36,38,40-42,44,47,49-53,55,57-60H2,1-5H3,(H-,64,67,68,69)/b10-8-,16-14-,22-20-,28-26-,31-30-,34-33-,39-37-,45-43-,48-46+,56-54+. The van der Waals surface area contributed by atoms with E-state index in [1.165, 1.54) is 96.3 Å². The maximum Gasteiger partial charge on any atom is 0.268 e. The van der Waals surface area contributed by atoms with E-state index in [9.17, 15) is 19.4 Å². The van der Waals surface area contributed by atoms with Crippen molar-refractivity contribution >= 4 is 13.7 Å². The van der Waals surface area contributed by atoms with Gasteiger partial charge in [0.2, 0.25) is 5.91 Å². The number of unbranched alkanes of at least 4 members (excludes halogenated alkanes) is 20. The van der Waals surface area contributed by atoms with E-state index in [2.05, 4.69) is 129 Å². The molecule has 0 spiro atoms. The zero-order valence-corrected chi connectivity index (χ0v) is 47.7. The predicted octanol–water partition coefficient (Wildman–Crippen LogP) is 17.1. The number of hydrogen-bond acceptors (Lipinski definition) is 6. The van der Waals surface area contributed by atoms with Crippen molar-refractivity contribution in [1.29, 1.82) is 0 Å². The fourth-order valence-corrected chi connectivity index (χ4v) is 8.38. The van der Waals surface area contributed by atoms with E-state index in [-0.39, 0.29) is 12.5 Å². The summed E-state index contributed by atoms with van der Waals surface area (Å²) in [5.74, 6) is -0.236. The number of phosphoric ester groups is 1. The van der Waals surface area contributed by atoms with Gasteiger partial charge in [-0.1, -0.05) is 238 Å². The van der Waals surface area contributed by atoms with Crippen LogP contribution in [0, 0.1) is 0 Å². The normalized spacial score (nSPS) is 14.8. The van der Waals surface area contributed by atoms with E-state index in [1.807, 2.05) is 27.2 Å². The second kappa shape index (κ2) is 52.8. The van der Waals surface area contributed by atoms with Crippen LogP contribution in [0.25, 0.3) is 0 Å². The van der Waals surface area contributed by atoms with Gasteiger partial charge in [0, 0.05) is 6.42 Å². The average molecular weight is 1020 g/mol. The van der Waals surface area contributed by atoms with Crippen molar-refractivity contribution in [3.8, 4) is 0 Å². The lowest BCUT2D eigenvalue weighted by atomic mass is 10.0. The van der Waals surface area contributed by atoms with Gasteiger partial charge in [-0.25, -0.2) is 0 Å². The van der Waals surface area contributed by atoms with E-state index >= 15 is 0 Å². The van der Waals surface area contributed by atoms with Gasteiger partial charge in [-0.15, -0.1) is 0 Å². The molecular weight excluding hydrogens is 912 g/mol. The van der Waals surface area contributed by atoms with Crippen molar-refractivity contribution in [2.24, 2.45) is 0 Å². The van der Waals surface area contributed by atoms with Gasteiger partial charge in [0.25, 0.3) is 7.82 Å². The highest BCUT2D eigenvalue weighted by atomic mass is 31.2. The SMILES string of the molecule is CC/C=C\C/C=C\C/C=C\C/C=C\C/C=C\C/C=C\C/C=C\C/C=C\CCCCCCC(=O)NC(COP(=O)([O-])OCC[N+](C)(C)C)C(O)/C=C/CC/C=C/CCCCCCCCCCCCCCCCC. The van der Waals surface area contributed by atoms with Crippen molar-refractivity contribution < 1.29 is 32.9 Å². The van der Waals surface area contributed by atoms with Gasteiger partial charge in [-0.05, 0) is 96.3 Å². The minimum absolute atomic E-state index is 0.0186. The summed E-state index contributed by atoms with van der Waals surface area (Å²) in [5.41, 5.74) is 0. The number of carbonyl (C=O) groups excluding carboxylic acids is 1. The molecule has 0 heterocycles. The number of nitrogens with zero attached hydrogens (tertiary/aromatic N) is 1. The molecule has 0 aromatic heterocycles. The molecule has 72 heavy (non-hydrogen) atoms. The van der Waals surface area contributed by atoms with E-state index in [0.29, 0.717) is 23.9 Å². The third-order valence-electron chi connectivity index (χ3n) is 12.2. The highest BCUT2D eigenvalue weighted by Crippen LogP contribution is 2.38. The molecule has 0 aliphatic carbocycles. The molecule has 9 heteroatoms. The molecule has 0 rings (SSSR count). The average Bonchev–Trinajstić information content (AvgIpc) is 3.34. The van der Waals surface area contributed by atoms with E-state index in [0.717, 1.165) is 96.3 Å². The lowest BCUT2D eigenvalue weighted by Crippen LogP contribution is -2.45. The molecule has 0 fully saturated rings. The molecule has 8 nitrogen and oxygen atoms in total. The number of aliphatic hydroxyl groups is 1. The maximum atomic E-state index is 13.0. The molecule has 3 unspecified atom stereocenters. The molecule has 0 aromatic carbocycles. The Balaban J connectivity index is 4.37. The number of phosphoric acid groups is 1. The molecule has 0 aromatic rings. The number of allylic oxidation sites excluding steroid dienone is 19. The van der Waals surface area contributed by atoms with Crippen LogP contribution in [-0.4, -0.2) is 68.5 Å². The molecule has 3 atom stereocenters. The minimum Gasteiger partial charge on any atom is -0.756 e. The minimum atomic E-state index is -4.62. The number of amides is 1. The molecule has 412 valence electrons. The number of nitrogens with one attached hydrogen (secondary N) is 1. The Bertz CT molecular complexity index is 1580. The highest BCUT2D eigenvalue weighted by Gasteiger charge is 2.23. The number of likely N-dealkylation sites (N-methyl/N-ethyl adjacent to an activating group) is 1. The third-order valence-corrected chi connectivity index (χ3v) is 13.1. The van der Waals surface area contributed by atoms with Gasteiger partial charge in [-0.2, -0.15) is 0 Å². The highest BCUT2D eigenvalue weighted by molar-refractivity contribution is 7.45. The van der Waals surface area contributed by atoms with E-state index in [1.54, 1.807) is 6.08 Å². The molecule has 0 saturated heterocycles. The molecule has 0 radical (unpaired) electrons. The van der Waals surface area contributed by atoms with Crippen LogP contribution in [0.4, 0.5) is 0 Å². The lowest BCUT2D eigenvalue weighted by Gasteiger charge is -2.29. The summed E-state index contributed by atoms with van der Waals surface area (Å²) in [7, 11) is 1.21. The second-order valence-electron chi connectivity index (χ2n) is 20.3. The fraction of sp³-hybridized carbons (Fsp3) is 0.667. The number of aliphatic hydroxyl groups excluding tert-OH is 1. The van der Waals surface area contributed by atoms with Crippen LogP contribution >= 0.6 is 7.82 Å². The summed E-state index contributed by atoms with van der Waals surface area (Å²) in [6, 6.07) is -0.927. The van der Waals surface area contributed by atoms with Crippen molar-refractivity contribution in [1.82, 2.24) is 5.32 Å². The van der Waals surface area contributed by atoms with Gasteiger partial charge in [0.05, 0.1) is 39.9 Å². The van der Waals surface area contributed by atoms with E-state index < -0.39 is 26.6 Å². The quantitative estimate of drug-likeness (QED) is 0.0272. The van der Waals surface area contributed by atoms with Crippen LogP contribution in [0.15, 0.2) is 122 Å². The predicted molar refractivity (Wildman–Crippen MR) is 311 cm³/mol. The fourth-order valence-electron chi connectivity index (χ4n) is 7.65. The second-order valence-corrected chi connectivity index (χ2v) is 21.7. The van der Waals surface area contributed by atoms with Crippen LogP contribution in [0.3, 0.4) is 0 Å². The maximum absolute atomic E-state index is 13.0. The third kappa shape index (κ3) is 54.7. The summed E-state index contributed by atoms with van der Waals surface area (Å²) in [4.78, 5) is 25.5. The monoisotopic (exact) mass is 1020 g/mol. The Morgan fingerprint density at radius 3 is 1.29 bits per heavy atom. The van der Waals surface area contributed by atoms with Gasteiger partial charge in [0.1, 0.15) is 13.2 Å². The smallest absolute Gasteiger partial charge is 0.268 e. The summed E-state index contributed by atoms with van der Waals surface area (Å²) < 4.78 is 23.3. The number of hydrogen-bond donors (Lipinski definition) is 2. The lowest BCUT2D eigenvalue weighted by molar-refractivity contribution is -0.870. The molecule has 1 amide bonds. The summed E-state index contributed by atoms with van der Waals surface area (Å²) in [5, 5.41) is 13.8. The number of rotatable bonds is 51. The molecule has 0 saturated carbocycles. The molecule has 2 N–H and O–H groups in total. The van der Waals surface area contributed by atoms with Crippen molar-refractivity contribution in [3.63, 3.8) is 0 Å². The topological polar surface area (TPSA) is 108 Å². The van der Waals surface area contributed by atoms with Gasteiger partial charge in [-0.3, -0.25) is 9.36 Å². The van der Waals surface area contributed by atoms with Crippen molar-refractivity contribution in [2.45, 2.75) is 231 Å². The number of quaternary nitrogens is 1. The summed E-state index contributed by atoms with van der Waals surface area (Å²) >= 11 is 0. The Labute approximate surface area is 444 Å². The zero-order chi connectivity index (χ0) is 52.7. The largest absolute Gasteiger partial charge is 0.756 e. The summed E-state index contributed by atoms with van der Waals surface area (Å²) in [6.07, 6.45) is 78.4. The first-order valence-corrected chi connectivity index (χ1v) is 30.4. The first-order chi connectivity index (χ1) is 35.0. The van der Waals surface area contributed by atoms with Crippen LogP contribution in [0.5, 0.6) is 0 Å². The van der Waals surface area contributed by atoms with Crippen LogP contribution in [0.1, 0.15) is 219 Å². The Hall–Kier alpha value is -3.10. The molecule has 0 aliphatic rings. The van der Waals surface area contributed by atoms with Gasteiger partial charge in [0.15, 0.2) is 0 Å².